The third-order valence-corrected chi connectivity index (χ3v) is 3.71. The first-order valence-corrected chi connectivity index (χ1v) is 8.33. The highest BCUT2D eigenvalue weighted by Gasteiger charge is 2.06. The summed E-state index contributed by atoms with van der Waals surface area (Å²) in [5, 5.41) is 7.20. The van der Waals surface area contributed by atoms with Gasteiger partial charge in [-0.1, -0.05) is 45.7 Å². The van der Waals surface area contributed by atoms with Gasteiger partial charge in [-0.2, -0.15) is 5.10 Å². The van der Waals surface area contributed by atoms with E-state index in [2.05, 4.69) is 31.8 Å². The number of benzene rings is 2. The Morgan fingerprint density at radius 2 is 1.79 bits per heavy atom. The van der Waals surface area contributed by atoms with Gasteiger partial charge < -0.3 is 5.32 Å². The molecule has 0 aliphatic rings. The lowest BCUT2D eigenvalue weighted by atomic mass is 10.2. The molecule has 0 radical (unpaired) electrons. The summed E-state index contributed by atoms with van der Waals surface area (Å²) in [6.07, 6.45) is 1.64. The molecule has 0 spiro atoms. The van der Waals surface area contributed by atoms with Gasteiger partial charge >= 0.3 is 0 Å². The van der Waals surface area contributed by atoms with Crippen molar-refractivity contribution in [1.82, 2.24) is 5.43 Å². The van der Waals surface area contributed by atoms with Crippen LogP contribution >= 0.6 is 27.5 Å². The van der Waals surface area contributed by atoms with Gasteiger partial charge in [0.1, 0.15) is 0 Å². The quantitative estimate of drug-likeness (QED) is 0.561. The number of hydrogen-bond donors (Lipinski definition) is 2. The van der Waals surface area contributed by atoms with Crippen molar-refractivity contribution in [3.05, 3.63) is 63.6 Å². The van der Waals surface area contributed by atoms with E-state index in [0.717, 1.165) is 10.0 Å². The Bertz CT molecular complexity index is 748. The summed E-state index contributed by atoms with van der Waals surface area (Å²) in [6.45, 7) is 0. The first-order chi connectivity index (χ1) is 11.5. The van der Waals surface area contributed by atoms with Crippen molar-refractivity contribution < 1.29 is 9.59 Å². The second-order valence-electron chi connectivity index (χ2n) is 4.90. The van der Waals surface area contributed by atoms with E-state index in [0.29, 0.717) is 10.7 Å². The van der Waals surface area contributed by atoms with E-state index in [1.54, 1.807) is 36.4 Å². The van der Waals surface area contributed by atoms with E-state index in [9.17, 15) is 9.59 Å². The second-order valence-corrected chi connectivity index (χ2v) is 6.26. The summed E-state index contributed by atoms with van der Waals surface area (Å²) in [7, 11) is 0. The fourth-order valence-electron chi connectivity index (χ4n) is 1.80. The average Bonchev–Trinajstić information content (AvgIpc) is 2.55. The van der Waals surface area contributed by atoms with Crippen LogP contribution in [0.5, 0.6) is 0 Å². The molecule has 0 unspecified atom stereocenters. The number of anilines is 1. The van der Waals surface area contributed by atoms with Crippen LogP contribution in [0.4, 0.5) is 5.69 Å². The maximum absolute atomic E-state index is 11.8. The third kappa shape index (κ3) is 6.52. The van der Waals surface area contributed by atoms with Crippen molar-refractivity contribution >= 4 is 51.2 Å². The molecule has 2 aromatic rings. The maximum atomic E-state index is 11.8. The highest BCUT2D eigenvalue weighted by atomic mass is 79.9. The summed E-state index contributed by atoms with van der Waals surface area (Å²) < 4.78 is 0.870. The van der Waals surface area contributed by atoms with Crippen molar-refractivity contribution in [2.75, 3.05) is 5.32 Å². The molecule has 0 atom stereocenters. The zero-order valence-corrected chi connectivity index (χ0v) is 15.0. The van der Waals surface area contributed by atoms with Gasteiger partial charge in [-0.05, 0) is 35.9 Å². The van der Waals surface area contributed by atoms with Gasteiger partial charge in [-0.3, -0.25) is 9.59 Å². The minimum atomic E-state index is -0.329. The zero-order chi connectivity index (χ0) is 17.4. The molecule has 0 aliphatic carbocycles. The molecule has 124 valence electrons. The van der Waals surface area contributed by atoms with Gasteiger partial charge in [0.05, 0.1) is 6.21 Å². The molecule has 0 aliphatic heterocycles. The van der Waals surface area contributed by atoms with E-state index < -0.39 is 0 Å². The standard InChI is InChI=1S/C17H15BrClN3O2/c18-13-2-1-3-15(10-13)21-16(23)8-9-17(24)22-20-11-12-4-6-14(19)7-5-12/h1-7,10-11H,8-9H2,(H,21,23)(H,22,24)/b20-11-. The van der Waals surface area contributed by atoms with Crippen LogP contribution in [0.15, 0.2) is 58.1 Å². The van der Waals surface area contributed by atoms with E-state index in [-0.39, 0.29) is 24.7 Å². The van der Waals surface area contributed by atoms with E-state index in [1.807, 2.05) is 12.1 Å². The van der Waals surface area contributed by atoms with Crippen LogP contribution in [0.1, 0.15) is 18.4 Å². The molecule has 0 bridgehead atoms. The molecular weight excluding hydrogens is 394 g/mol. The first kappa shape index (κ1) is 18.2. The summed E-state index contributed by atoms with van der Waals surface area (Å²) in [4.78, 5) is 23.5. The van der Waals surface area contributed by atoms with Gasteiger partial charge in [-0.25, -0.2) is 5.43 Å². The van der Waals surface area contributed by atoms with Gasteiger partial charge in [0.2, 0.25) is 11.8 Å². The summed E-state index contributed by atoms with van der Waals surface area (Å²) >= 11 is 9.11. The highest BCUT2D eigenvalue weighted by molar-refractivity contribution is 9.10. The third-order valence-electron chi connectivity index (χ3n) is 2.96. The molecule has 2 N–H and O–H groups in total. The van der Waals surface area contributed by atoms with Crippen molar-refractivity contribution in [1.29, 1.82) is 0 Å². The lowest BCUT2D eigenvalue weighted by molar-refractivity contribution is -0.124. The Balaban J connectivity index is 1.72. The van der Waals surface area contributed by atoms with Gasteiger partial charge in [-0.15, -0.1) is 0 Å². The van der Waals surface area contributed by atoms with Crippen LogP contribution in [-0.4, -0.2) is 18.0 Å². The number of rotatable bonds is 6. The molecule has 2 aromatic carbocycles. The molecule has 0 saturated heterocycles. The smallest absolute Gasteiger partial charge is 0.240 e. The molecule has 7 heteroatoms. The van der Waals surface area contributed by atoms with Crippen LogP contribution in [0.3, 0.4) is 0 Å². The largest absolute Gasteiger partial charge is 0.326 e. The minimum absolute atomic E-state index is 0.0534. The van der Waals surface area contributed by atoms with Crippen molar-refractivity contribution in [2.45, 2.75) is 12.8 Å². The molecule has 24 heavy (non-hydrogen) atoms. The number of amides is 2. The fourth-order valence-corrected chi connectivity index (χ4v) is 2.33. The van der Waals surface area contributed by atoms with Gasteiger partial charge in [0, 0.05) is 28.0 Å². The molecule has 0 aromatic heterocycles. The number of hydrogen-bond acceptors (Lipinski definition) is 3. The number of halogens is 2. The molecule has 0 saturated carbocycles. The summed E-state index contributed by atoms with van der Waals surface area (Å²) in [6, 6.07) is 14.3. The van der Waals surface area contributed by atoms with E-state index >= 15 is 0 Å². The van der Waals surface area contributed by atoms with Crippen LogP contribution in [0.25, 0.3) is 0 Å². The van der Waals surface area contributed by atoms with Crippen LogP contribution in [0, 0.1) is 0 Å². The van der Waals surface area contributed by atoms with E-state index in [4.69, 9.17) is 11.6 Å². The Kier molecular flexibility index (Phi) is 6.96. The molecule has 5 nitrogen and oxygen atoms in total. The first-order valence-electron chi connectivity index (χ1n) is 7.16. The van der Waals surface area contributed by atoms with Crippen molar-refractivity contribution in [3.63, 3.8) is 0 Å². The zero-order valence-electron chi connectivity index (χ0n) is 12.6. The number of hydrazone groups is 1. The number of carbonyl (C=O) groups is 2. The van der Waals surface area contributed by atoms with Gasteiger partial charge in [0.15, 0.2) is 0 Å². The SMILES string of the molecule is O=C(CCC(=O)Nc1cccc(Br)c1)N/N=C\c1ccc(Cl)cc1. The number of carbonyl (C=O) groups excluding carboxylic acids is 2. The van der Waals surface area contributed by atoms with Crippen LogP contribution in [-0.2, 0) is 9.59 Å². The minimum Gasteiger partial charge on any atom is -0.326 e. The lowest BCUT2D eigenvalue weighted by Crippen LogP contribution is -2.20. The predicted molar refractivity (Wildman–Crippen MR) is 99.2 cm³/mol. The molecule has 2 amide bonds. The molecular formula is C17H15BrClN3O2. The second kappa shape index (κ2) is 9.20. The highest BCUT2D eigenvalue weighted by Crippen LogP contribution is 2.15. The molecule has 0 heterocycles. The number of nitrogens with one attached hydrogen (secondary N) is 2. The predicted octanol–water partition coefficient (Wildman–Crippen LogP) is 3.97. The van der Waals surface area contributed by atoms with Crippen LogP contribution < -0.4 is 10.7 Å². The molecule has 0 fully saturated rings. The van der Waals surface area contributed by atoms with Gasteiger partial charge in [0.25, 0.3) is 0 Å². The summed E-state index contributed by atoms with van der Waals surface area (Å²) in [5.41, 5.74) is 3.87. The Labute approximate surface area is 153 Å². The van der Waals surface area contributed by atoms with E-state index in [1.165, 1.54) is 6.21 Å². The van der Waals surface area contributed by atoms with Crippen molar-refractivity contribution in [2.24, 2.45) is 5.10 Å². The van der Waals surface area contributed by atoms with Crippen LogP contribution in [0.2, 0.25) is 5.02 Å². The Morgan fingerprint density at radius 3 is 2.50 bits per heavy atom. The molecule has 2 rings (SSSR count). The average molecular weight is 409 g/mol. The van der Waals surface area contributed by atoms with Crippen molar-refractivity contribution in [3.8, 4) is 0 Å². The Hall–Kier alpha value is -2.18. The monoisotopic (exact) mass is 407 g/mol. The number of nitrogens with zero attached hydrogens (tertiary/aromatic N) is 1. The topological polar surface area (TPSA) is 70.6 Å². The normalized spacial score (nSPS) is 10.6. The maximum Gasteiger partial charge on any atom is 0.240 e. The summed E-state index contributed by atoms with van der Waals surface area (Å²) in [5.74, 6) is -0.561. The fraction of sp³-hybridized carbons (Fsp3) is 0.118. The lowest BCUT2D eigenvalue weighted by Gasteiger charge is -2.05. The Morgan fingerprint density at radius 1 is 1.08 bits per heavy atom.